The molecule has 4 nitrogen and oxygen atoms in total. The molecular formula is C16H20O4. The van der Waals surface area contributed by atoms with Crippen molar-refractivity contribution in [1.82, 2.24) is 0 Å². The largest absolute Gasteiger partial charge is 0.472 e. The van der Waals surface area contributed by atoms with Crippen LogP contribution in [0.5, 0.6) is 0 Å². The quantitative estimate of drug-likeness (QED) is 0.663. The van der Waals surface area contributed by atoms with Crippen molar-refractivity contribution >= 4 is 5.97 Å². The van der Waals surface area contributed by atoms with E-state index in [1.165, 1.54) is 6.26 Å². The molecule has 0 amide bonds. The molecule has 1 unspecified atom stereocenters. The van der Waals surface area contributed by atoms with Gasteiger partial charge in [-0.25, -0.2) is 0 Å². The number of ether oxygens (including phenoxy) is 1. The van der Waals surface area contributed by atoms with Crippen LogP contribution in [0.2, 0.25) is 0 Å². The Bertz CT molecular complexity index is 515. The second-order valence-corrected chi connectivity index (χ2v) is 5.73. The van der Waals surface area contributed by atoms with Crippen LogP contribution in [0.3, 0.4) is 0 Å². The van der Waals surface area contributed by atoms with Crippen molar-refractivity contribution in [3.63, 3.8) is 0 Å². The monoisotopic (exact) mass is 276 g/mol. The molecule has 2 heterocycles. The van der Waals surface area contributed by atoms with Gasteiger partial charge in [-0.15, -0.1) is 13.2 Å². The molecule has 1 fully saturated rings. The summed E-state index contributed by atoms with van der Waals surface area (Å²) in [5, 5.41) is 10.6. The van der Waals surface area contributed by atoms with Crippen molar-refractivity contribution in [1.29, 1.82) is 0 Å². The summed E-state index contributed by atoms with van der Waals surface area (Å²) in [6, 6.07) is 1.75. The molecule has 1 N–H and O–H groups in total. The second-order valence-electron chi connectivity index (χ2n) is 5.73. The number of hydrogen-bond donors (Lipinski definition) is 1. The van der Waals surface area contributed by atoms with Gasteiger partial charge in [0, 0.05) is 11.0 Å². The first-order valence-electron chi connectivity index (χ1n) is 6.56. The minimum Gasteiger partial charge on any atom is -0.472 e. The summed E-state index contributed by atoms with van der Waals surface area (Å²) in [4.78, 5) is 12.3. The average Bonchev–Trinajstić information content (AvgIpc) is 2.96. The molecule has 0 saturated carbocycles. The van der Waals surface area contributed by atoms with E-state index in [1.54, 1.807) is 31.4 Å². The molecule has 20 heavy (non-hydrogen) atoms. The van der Waals surface area contributed by atoms with E-state index in [-0.39, 0.29) is 0 Å². The van der Waals surface area contributed by atoms with Gasteiger partial charge in [-0.05, 0) is 19.4 Å². The van der Waals surface area contributed by atoms with Crippen LogP contribution in [0.1, 0.15) is 31.9 Å². The molecule has 4 atom stereocenters. The second kappa shape index (κ2) is 4.94. The standard InChI is InChI=1S/C16H20O4/c1-5-8-16(4,18)12-14(17)20-13(15(12,3)6-2)11-7-9-19-10-11/h5-7,9-10,12-13,18H,1-2,8H2,3-4H3/t12-,13+,15-,16?/m1/s1. The lowest BCUT2D eigenvalue weighted by Crippen LogP contribution is -2.45. The summed E-state index contributed by atoms with van der Waals surface area (Å²) < 4.78 is 10.6. The fraction of sp³-hybridized carbons (Fsp3) is 0.438. The zero-order valence-electron chi connectivity index (χ0n) is 11.8. The fourth-order valence-corrected chi connectivity index (χ4v) is 3.13. The number of carbonyl (C=O) groups is 1. The van der Waals surface area contributed by atoms with Gasteiger partial charge in [0.25, 0.3) is 0 Å². The summed E-state index contributed by atoms with van der Waals surface area (Å²) in [6.07, 6.45) is 6.15. The molecule has 0 aromatic carbocycles. The minimum absolute atomic E-state index is 0.300. The summed E-state index contributed by atoms with van der Waals surface area (Å²) in [5.74, 6) is -1.13. The highest BCUT2D eigenvalue weighted by Gasteiger charge is 2.59. The van der Waals surface area contributed by atoms with Crippen molar-refractivity contribution in [2.75, 3.05) is 0 Å². The molecule has 0 aliphatic carbocycles. The Kier molecular flexibility index (Phi) is 3.61. The van der Waals surface area contributed by atoms with Crippen LogP contribution < -0.4 is 0 Å². The molecule has 4 heteroatoms. The lowest BCUT2D eigenvalue weighted by atomic mass is 9.66. The fourth-order valence-electron chi connectivity index (χ4n) is 3.13. The van der Waals surface area contributed by atoms with E-state index in [0.29, 0.717) is 6.42 Å². The topological polar surface area (TPSA) is 59.7 Å². The summed E-state index contributed by atoms with van der Waals surface area (Å²) in [7, 11) is 0. The number of carbonyl (C=O) groups excluding carboxylic acids is 1. The molecule has 108 valence electrons. The maximum atomic E-state index is 12.3. The number of aliphatic hydroxyl groups is 1. The third kappa shape index (κ3) is 2.10. The molecule has 0 radical (unpaired) electrons. The lowest BCUT2D eigenvalue weighted by Gasteiger charge is -2.37. The van der Waals surface area contributed by atoms with Gasteiger partial charge >= 0.3 is 5.97 Å². The van der Waals surface area contributed by atoms with Crippen LogP contribution >= 0.6 is 0 Å². The zero-order chi connectivity index (χ0) is 15.0. The predicted molar refractivity (Wildman–Crippen MR) is 74.8 cm³/mol. The van der Waals surface area contributed by atoms with E-state index in [0.717, 1.165) is 5.56 Å². The van der Waals surface area contributed by atoms with Gasteiger partial charge in [0.15, 0.2) is 0 Å². The van der Waals surface area contributed by atoms with Crippen LogP contribution in [0, 0.1) is 11.3 Å². The first-order chi connectivity index (χ1) is 9.36. The summed E-state index contributed by atoms with van der Waals surface area (Å²) in [5.41, 5.74) is -1.19. The van der Waals surface area contributed by atoms with Crippen LogP contribution in [-0.4, -0.2) is 16.7 Å². The van der Waals surface area contributed by atoms with Gasteiger partial charge in [0.05, 0.1) is 24.0 Å². The van der Waals surface area contributed by atoms with E-state index < -0.39 is 29.0 Å². The van der Waals surface area contributed by atoms with Gasteiger partial charge in [0.2, 0.25) is 0 Å². The maximum absolute atomic E-state index is 12.3. The van der Waals surface area contributed by atoms with E-state index in [1.807, 2.05) is 6.92 Å². The smallest absolute Gasteiger partial charge is 0.313 e. The first kappa shape index (κ1) is 14.6. The van der Waals surface area contributed by atoms with E-state index in [4.69, 9.17) is 9.15 Å². The van der Waals surface area contributed by atoms with Crippen LogP contribution in [0.25, 0.3) is 0 Å². The van der Waals surface area contributed by atoms with Crippen LogP contribution in [0.15, 0.2) is 48.3 Å². The number of furan rings is 1. The highest BCUT2D eigenvalue weighted by molar-refractivity contribution is 5.78. The molecule has 1 aromatic heterocycles. The van der Waals surface area contributed by atoms with Crippen molar-refractivity contribution in [3.8, 4) is 0 Å². The minimum atomic E-state index is -1.24. The zero-order valence-corrected chi connectivity index (χ0v) is 11.8. The Balaban J connectivity index is 2.46. The highest BCUT2D eigenvalue weighted by atomic mass is 16.6. The number of esters is 1. The average molecular weight is 276 g/mol. The summed E-state index contributed by atoms with van der Waals surface area (Å²) >= 11 is 0. The molecule has 2 rings (SSSR count). The maximum Gasteiger partial charge on any atom is 0.313 e. The number of hydrogen-bond acceptors (Lipinski definition) is 4. The molecule has 0 bridgehead atoms. The van der Waals surface area contributed by atoms with Crippen LogP contribution in [0.4, 0.5) is 0 Å². The Morgan fingerprint density at radius 1 is 1.55 bits per heavy atom. The van der Waals surface area contributed by atoms with E-state index in [2.05, 4.69) is 13.2 Å². The molecule has 1 aliphatic rings. The molecular weight excluding hydrogens is 256 g/mol. The third-order valence-electron chi connectivity index (χ3n) is 4.12. The van der Waals surface area contributed by atoms with Gasteiger partial charge < -0.3 is 14.3 Å². The lowest BCUT2D eigenvalue weighted by molar-refractivity contribution is -0.150. The van der Waals surface area contributed by atoms with E-state index in [9.17, 15) is 9.90 Å². The molecule has 1 aliphatic heterocycles. The Morgan fingerprint density at radius 3 is 2.75 bits per heavy atom. The highest BCUT2D eigenvalue weighted by Crippen LogP contribution is 2.54. The van der Waals surface area contributed by atoms with Gasteiger partial charge in [-0.2, -0.15) is 0 Å². The molecule has 0 spiro atoms. The van der Waals surface area contributed by atoms with E-state index >= 15 is 0 Å². The molecule has 1 saturated heterocycles. The van der Waals surface area contributed by atoms with Gasteiger partial charge in [-0.1, -0.05) is 19.1 Å². The first-order valence-corrected chi connectivity index (χ1v) is 6.56. The predicted octanol–water partition coefficient (Wildman–Crippen LogP) is 3.01. The number of rotatable bonds is 5. The Labute approximate surface area is 118 Å². The van der Waals surface area contributed by atoms with Crippen LogP contribution in [-0.2, 0) is 9.53 Å². The SMILES string of the molecule is C=CCC(C)(O)[C@@H]1C(=O)O[C@@H](c2ccoc2)[C@]1(C)C=C. The van der Waals surface area contributed by atoms with Gasteiger partial charge in [0.1, 0.15) is 6.10 Å². The Hall–Kier alpha value is -1.81. The summed E-state index contributed by atoms with van der Waals surface area (Å²) in [6.45, 7) is 11.0. The Morgan fingerprint density at radius 2 is 2.25 bits per heavy atom. The normalized spacial score (nSPS) is 32.5. The third-order valence-corrected chi connectivity index (χ3v) is 4.12. The van der Waals surface area contributed by atoms with Crippen molar-refractivity contribution in [2.24, 2.45) is 11.3 Å². The van der Waals surface area contributed by atoms with Crippen molar-refractivity contribution < 1.29 is 19.1 Å². The number of cyclic esters (lactones) is 1. The van der Waals surface area contributed by atoms with Crippen molar-refractivity contribution in [2.45, 2.75) is 32.0 Å². The van der Waals surface area contributed by atoms with Gasteiger partial charge in [-0.3, -0.25) is 4.79 Å². The molecule has 1 aromatic rings. The van der Waals surface area contributed by atoms with Crippen molar-refractivity contribution in [3.05, 3.63) is 49.5 Å².